The molecule has 5 aromatic rings. The number of fused-ring (bicyclic) bond motifs is 2. The van der Waals surface area contributed by atoms with Crippen LogP contribution in [0.25, 0.3) is 44.5 Å². The molecule has 38 heavy (non-hydrogen) atoms. The number of para-hydroxylation sites is 1. The maximum absolute atomic E-state index is 13.7. The lowest BCUT2D eigenvalue weighted by Gasteiger charge is -2.14. The molecule has 0 saturated heterocycles. The molecule has 3 aromatic carbocycles. The molecule has 2 heterocycles. The van der Waals surface area contributed by atoms with Gasteiger partial charge in [0.05, 0.1) is 23.8 Å². The molecule has 8 nitrogen and oxygen atoms in total. The van der Waals surface area contributed by atoms with Gasteiger partial charge in [0.1, 0.15) is 11.4 Å². The molecule has 0 saturated carbocycles. The maximum Gasteiger partial charge on any atom is 0.300 e. The van der Waals surface area contributed by atoms with E-state index in [9.17, 15) is 4.79 Å². The number of hydrogen-bond donors (Lipinski definition) is 2. The van der Waals surface area contributed by atoms with Gasteiger partial charge in [0.25, 0.3) is 11.5 Å². The first kappa shape index (κ1) is 26.9. The number of benzene rings is 3. The largest absolute Gasteiger partial charge is 0.497 e. The number of ether oxygens (including phenoxy) is 1. The fraction of sp³-hybridized carbons (Fsp3) is 0.207. The SMILES string of the molecule is CC(=O)O.COc1ccc2c(c1)nc(-c1c(-c3ccc(Cl)cc3)n(CCCN)c3ccccc13)c(=O)n2C. The van der Waals surface area contributed by atoms with Crippen molar-refractivity contribution < 1.29 is 14.6 Å². The van der Waals surface area contributed by atoms with E-state index < -0.39 is 5.97 Å². The molecule has 0 spiro atoms. The molecule has 5 rings (SSSR count). The fourth-order valence-electron chi connectivity index (χ4n) is 4.54. The highest BCUT2D eigenvalue weighted by Crippen LogP contribution is 2.40. The van der Waals surface area contributed by atoms with Crippen molar-refractivity contribution in [3.63, 3.8) is 0 Å². The molecule has 0 radical (unpaired) electrons. The van der Waals surface area contributed by atoms with E-state index in [1.807, 2.05) is 60.7 Å². The van der Waals surface area contributed by atoms with Gasteiger partial charge in [0.15, 0.2) is 0 Å². The molecular formula is C29H29ClN4O4. The standard InChI is InChI=1S/C27H25ClN4O2.C2H4O2/c1-31-23-13-12-19(34-2)16-21(23)30-25(27(31)33)24-20-6-3-4-7-22(20)32(15-5-14-29)26(24)17-8-10-18(28)11-9-17;1-2(3)4/h3-4,6-13,16H,5,14-15,29H2,1-2H3;1H3,(H,3,4). The Morgan fingerprint density at radius 1 is 1.08 bits per heavy atom. The lowest BCUT2D eigenvalue weighted by atomic mass is 10.0. The van der Waals surface area contributed by atoms with Crippen molar-refractivity contribution in [3.05, 3.63) is 82.1 Å². The number of halogens is 1. The molecule has 0 bridgehead atoms. The number of methoxy groups -OCH3 is 1. The number of aryl methyl sites for hydroxylation is 2. The van der Waals surface area contributed by atoms with Crippen LogP contribution in [0.2, 0.25) is 5.02 Å². The molecule has 9 heteroatoms. The Kier molecular flexibility index (Phi) is 8.14. The highest BCUT2D eigenvalue weighted by Gasteiger charge is 2.24. The summed E-state index contributed by atoms with van der Waals surface area (Å²) in [4.78, 5) is 27.5. The Labute approximate surface area is 224 Å². The molecule has 2 aromatic heterocycles. The Hall–Kier alpha value is -4.14. The third kappa shape index (κ3) is 5.27. The van der Waals surface area contributed by atoms with Gasteiger partial charge in [-0.2, -0.15) is 0 Å². The highest BCUT2D eigenvalue weighted by molar-refractivity contribution is 6.30. The zero-order valence-corrected chi connectivity index (χ0v) is 22.2. The van der Waals surface area contributed by atoms with Crippen LogP contribution in [0, 0.1) is 0 Å². The molecule has 0 unspecified atom stereocenters. The Balaban J connectivity index is 0.000000786. The predicted molar refractivity (Wildman–Crippen MR) is 152 cm³/mol. The van der Waals surface area contributed by atoms with Crippen molar-refractivity contribution in [3.8, 4) is 28.3 Å². The summed E-state index contributed by atoms with van der Waals surface area (Å²) < 4.78 is 9.29. The van der Waals surface area contributed by atoms with Crippen molar-refractivity contribution in [2.45, 2.75) is 19.9 Å². The van der Waals surface area contributed by atoms with Crippen LogP contribution in [0.3, 0.4) is 0 Å². The number of rotatable bonds is 6. The van der Waals surface area contributed by atoms with Gasteiger partial charge >= 0.3 is 0 Å². The molecule has 0 aliphatic carbocycles. The first-order valence-electron chi connectivity index (χ1n) is 12.1. The summed E-state index contributed by atoms with van der Waals surface area (Å²) >= 11 is 6.20. The molecule has 0 fully saturated rings. The van der Waals surface area contributed by atoms with Gasteiger partial charge in [0, 0.05) is 48.1 Å². The number of carboxylic acid groups (broad SMARTS) is 1. The minimum absolute atomic E-state index is 0.158. The zero-order chi connectivity index (χ0) is 27.4. The van der Waals surface area contributed by atoms with E-state index in [4.69, 9.17) is 37.0 Å². The van der Waals surface area contributed by atoms with Crippen LogP contribution in [0.4, 0.5) is 0 Å². The minimum atomic E-state index is -0.833. The van der Waals surface area contributed by atoms with E-state index in [0.717, 1.165) is 53.1 Å². The maximum atomic E-state index is 13.7. The van der Waals surface area contributed by atoms with E-state index >= 15 is 0 Å². The van der Waals surface area contributed by atoms with E-state index in [1.54, 1.807) is 18.7 Å². The van der Waals surface area contributed by atoms with Crippen LogP contribution in [-0.4, -0.2) is 38.8 Å². The van der Waals surface area contributed by atoms with Crippen LogP contribution < -0.4 is 16.0 Å². The molecule has 0 atom stereocenters. The van der Waals surface area contributed by atoms with Crippen LogP contribution in [0.1, 0.15) is 13.3 Å². The number of carboxylic acids is 1. The normalized spacial score (nSPS) is 10.9. The third-order valence-electron chi connectivity index (χ3n) is 6.19. The van der Waals surface area contributed by atoms with E-state index in [2.05, 4.69) is 10.6 Å². The second-order valence-electron chi connectivity index (χ2n) is 8.74. The molecule has 0 aliphatic heterocycles. The summed E-state index contributed by atoms with van der Waals surface area (Å²) in [5, 5.41) is 9.04. The molecule has 196 valence electrons. The van der Waals surface area contributed by atoms with Gasteiger partial charge in [-0.15, -0.1) is 0 Å². The summed E-state index contributed by atoms with van der Waals surface area (Å²) in [6.07, 6.45) is 0.805. The number of nitrogens with zero attached hydrogens (tertiary/aromatic N) is 3. The van der Waals surface area contributed by atoms with E-state index in [0.29, 0.717) is 28.5 Å². The number of nitrogens with two attached hydrogens (primary N) is 1. The Morgan fingerprint density at radius 2 is 1.76 bits per heavy atom. The number of hydrogen-bond acceptors (Lipinski definition) is 5. The van der Waals surface area contributed by atoms with Crippen LogP contribution in [-0.2, 0) is 18.4 Å². The quantitative estimate of drug-likeness (QED) is 0.306. The van der Waals surface area contributed by atoms with Crippen LogP contribution >= 0.6 is 11.6 Å². The Morgan fingerprint density at radius 3 is 2.42 bits per heavy atom. The van der Waals surface area contributed by atoms with Crippen LogP contribution in [0.5, 0.6) is 5.75 Å². The second-order valence-corrected chi connectivity index (χ2v) is 9.18. The van der Waals surface area contributed by atoms with Crippen molar-refractivity contribution in [1.82, 2.24) is 14.1 Å². The molecule has 3 N–H and O–H groups in total. The molecular weight excluding hydrogens is 504 g/mol. The first-order chi connectivity index (χ1) is 18.3. The lowest BCUT2D eigenvalue weighted by molar-refractivity contribution is -0.134. The van der Waals surface area contributed by atoms with Crippen molar-refractivity contribution in [2.24, 2.45) is 12.8 Å². The van der Waals surface area contributed by atoms with E-state index in [-0.39, 0.29) is 5.56 Å². The van der Waals surface area contributed by atoms with Gasteiger partial charge in [-0.25, -0.2) is 4.98 Å². The fourth-order valence-corrected chi connectivity index (χ4v) is 4.66. The average Bonchev–Trinajstić information content (AvgIpc) is 3.23. The monoisotopic (exact) mass is 532 g/mol. The number of carbonyl (C=O) groups is 1. The first-order valence-corrected chi connectivity index (χ1v) is 12.5. The predicted octanol–water partition coefficient (Wildman–Crippen LogP) is 5.32. The van der Waals surface area contributed by atoms with Crippen molar-refractivity contribution in [1.29, 1.82) is 0 Å². The Bertz CT molecular complexity index is 1670. The number of aliphatic carboxylic acids is 1. The van der Waals surface area contributed by atoms with Gasteiger partial charge in [-0.3, -0.25) is 9.59 Å². The summed E-state index contributed by atoms with van der Waals surface area (Å²) in [5.41, 5.74) is 11.3. The van der Waals surface area contributed by atoms with Gasteiger partial charge in [0.2, 0.25) is 0 Å². The zero-order valence-electron chi connectivity index (χ0n) is 21.4. The summed E-state index contributed by atoms with van der Waals surface area (Å²) in [7, 11) is 3.39. The van der Waals surface area contributed by atoms with Gasteiger partial charge in [-0.05, 0) is 48.9 Å². The second kappa shape index (κ2) is 11.5. The molecule has 0 amide bonds. The summed E-state index contributed by atoms with van der Waals surface area (Å²) in [6.45, 7) is 2.37. The lowest BCUT2D eigenvalue weighted by Crippen LogP contribution is -2.21. The van der Waals surface area contributed by atoms with Gasteiger partial charge < -0.3 is 24.7 Å². The van der Waals surface area contributed by atoms with E-state index in [1.165, 1.54) is 0 Å². The third-order valence-corrected chi connectivity index (χ3v) is 6.45. The minimum Gasteiger partial charge on any atom is -0.497 e. The topological polar surface area (TPSA) is 112 Å². The van der Waals surface area contributed by atoms with Crippen molar-refractivity contribution in [2.75, 3.05) is 13.7 Å². The highest BCUT2D eigenvalue weighted by atomic mass is 35.5. The summed E-state index contributed by atoms with van der Waals surface area (Å²) in [5.74, 6) is -0.145. The van der Waals surface area contributed by atoms with Gasteiger partial charge in [-0.1, -0.05) is 41.9 Å². The average molecular weight is 533 g/mol. The number of aromatic nitrogens is 3. The molecule has 0 aliphatic rings. The van der Waals surface area contributed by atoms with Crippen LogP contribution in [0.15, 0.2) is 71.5 Å². The smallest absolute Gasteiger partial charge is 0.300 e. The summed E-state index contributed by atoms with van der Waals surface area (Å²) in [6, 6.07) is 21.3. The van der Waals surface area contributed by atoms with Crippen molar-refractivity contribution >= 4 is 39.5 Å².